The Kier molecular flexibility index (Phi) is 6.19. The van der Waals surface area contributed by atoms with Gasteiger partial charge in [-0.25, -0.2) is 4.79 Å². The summed E-state index contributed by atoms with van der Waals surface area (Å²) >= 11 is 0. The minimum absolute atomic E-state index is 0.146. The molecule has 0 aromatic carbocycles. The molecule has 1 aliphatic heterocycles. The first-order chi connectivity index (χ1) is 12.0. The molecule has 0 spiro atoms. The number of hydrogen-bond donors (Lipinski definition) is 0. The minimum Gasteiger partial charge on any atom is -0.444 e. The van der Waals surface area contributed by atoms with Crippen LogP contribution in [0.15, 0.2) is 18.3 Å². The molecule has 26 heavy (non-hydrogen) atoms. The van der Waals surface area contributed by atoms with Crippen molar-refractivity contribution in [1.82, 2.24) is 9.88 Å². The fraction of sp³-hybridized carbons (Fsp3) is 0.684. The van der Waals surface area contributed by atoms with Gasteiger partial charge in [-0.15, -0.1) is 0 Å². The summed E-state index contributed by atoms with van der Waals surface area (Å²) in [5.74, 6) is -0.142. The summed E-state index contributed by atoms with van der Waals surface area (Å²) in [5.41, 5.74) is -1.16. The van der Waals surface area contributed by atoms with Crippen LogP contribution in [0.3, 0.4) is 0 Å². The van der Waals surface area contributed by atoms with Gasteiger partial charge in [0, 0.05) is 19.3 Å². The van der Waals surface area contributed by atoms with E-state index in [0.29, 0.717) is 19.5 Å². The molecule has 1 aromatic rings. The molecule has 1 amide bonds. The maximum atomic E-state index is 13.2. The first-order valence-electron chi connectivity index (χ1n) is 8.97. The van der Waals surface area contributed by atoms with Crippen LogP contribution in [0, 0.1) is 5.92 Å². The van der Waals surface area contributed by atoms with Gasteiger partial charge in [0.25, 0.3) is 0 Å². The molecule has 0 N–H and O–H groups in total. The van der Waals surface area contributed by atoms with Gasteiger partial charge in [-0.3, -0.25) is 4.98 Å². The lowest BCUT2D eigenvalue weighted by Gasteiger charge is -2.35. The molecule has 1 saturated heterocycles. The lowest BCUT2D eigenvalue weighted by atomic mass is 9.85. The van der Waals surface area contributed by atoms with Crippen molar-refractivity contribution < 1.29 is 22.7 Å². The summed E-state index contributed by atoms with van der Waals surface area (Å²) in [4.78, 5) is 17.5. The van der Waals surface area contributed by atoms with Crippen LogP contribution >= 0.6 is 0 Å². The number of carbonyl (C=O) groups excluding carboxylic acids is 1. The summed E-state index contributed by atoms with van der Waals surface area (Å²) in [6.07, 6.45) is -1.34. The molecular weight excluding hydrogens is 345 g/mol. The van der Waals surface area contributed by atoms with Gasteiger partial charge in [-0.05, 0) is 63.5 Å². The van der Waals surface area contributed by atoms with Gasteiger partial charge in [-0.1, -0.05) is 13.0 Å². The standard InChI is InChI=1S/C19H27F3N2O2/c1-13(15-8-5-9-23-16(15)19(20,21)22)11-14-7-6-10-24(12-14)17(25)26-18(2,3)4/h5,8-9,13-14H,6-7,10-12H2,1-4H3. The van der Waals surface area contributed by atoms with Crippen LogP contribution < -0.4 is 0 Å². The van der Waals surface area contributed by atoms with Crippen LogP contribution in [0.5, 0.6) is 0 Å². The first kappa shape index (κ1) is 20.5. The molecule has 1 fully saturated rings. The summed E-state index contributed by atoms with van der Waals surface area (Å²) in [6.45, 7) is 8.38. The normalized spacial score (nSPS) is 20.0. The van der Waals surface area contributed by atoms with E-state index in [4.69, 9.17) is 4.74 Å². The number of halogens is 3. The third-order valence-corrected chi connectivity index (χ3v) is 4.50. The summed E-state index contributed by atoms with van der Waals surface area (Å²) < 4.78 is 44.9. The lowest BCUT2D eigenvalue weighted by Crippen LogP contribution is -2.43. The fourth-order valence-electron chi connectivity index (χ4n) is 3.43. The second-order valence-electron chi connectivity index (χ2n) is 8.01. The zero-order chi connectivity index (χ0) is 19.5. The van der Waals surface area contributed by atoms with Gasteiger partial charge in [0.1, 0.15) is 11.3 Å². The number of likely N-dealkylation sites (tertiary alicyclic amines) is 1. The maximum absolute atomic E-state index is 13.2. The van der Waals surface area contributed by atoms with Gasteiger partial charge >= 0.3 is 12.3 Å². The number of piperidine rings is 1. The number of amides is 1. The second-order valence-corrected chi connectivity index (χ2v) is 8.01. The molecule has 2 unspecified atom stereocenters. The SMILES string of the molecule is CC(CC1CCCN(C(=O)OC(C)(C)C)C1)c1cccnc1C(F)(F)F. The molecule has 0 bridgehead atoms. The highest BCUT2D eigenvalue weighted by molar-refractivity contribution is 5.68. The average Bonchev–Trinajstić information content (AvgIpc) is 2.52. The smallest absolute Gasteiger partial charge is 0.433 e. The molecular formula is C19H27F3N2O2. The minimum atomic E-state index is -4.46. The van der Waals surface area contributed by atoms with Crippen LogP contribution in [0.4, 0.5) is 18.0 Å². The Balaban J connectivity index is 2.04. The fourth-order valence-corrected chi connectivity index (χ4v) is 3.43. The Morgan fingerprint density at radius 3 is 2.69 bits per heavy atom. The van der Waals surface area contributed by atoms with E-state index < -0.39 is 17.5 Å². The molecule has 1 aliphatic rings. The van der Waals surface area contributed by atoms with Crippen molar-refractivity contribution in [2.24, 2.45) is 5.92 Å². The topological polar surface area (TPSA) is 42.4 Å². The van der Waals surface area contributed by atoms with E-state index in [1.54, 1.807) is 11.8 Å². The number of aromatic nitrogens is 1. The summed E-state index contributed by atoms with van der Waals surface area (Å²) in [6, 6.07) is 3.03. The largest absolute Gasteiger partial charge is 0.444 e. The third kappa shape index (κ3) is 5.61. The monoisotopic (exact) mass is 372 g/mol. The molecule has 0 aliphatic carbocycles. The van der Waals surface area contributed by atoms with E-state index in [0.717, 1.165) is 12.8 Å². The molecule has 2 heterocycles. The predicted octanol–water partition coefficient (Wildman–Crippen LogP) is 5.24. The highest BCUT2D eigenvalue weighted by Gasteiger charge is 2.37. The van der Waals surface area contributed by atoms with Crippen molar-refractivity contribution in [3.05, 3.63) is 29.6 Å². The van der Waals surface area contributed by atoms with E-state index in [2.05, 4.69) is 4.98 Å². The number of rotatable bonds is 3. The Labute approximate surface area is 152 Å². The molecule has 7 heteroatoms. The van der Waals surface area contributed by atoms with Crippen molar-refractivity contribution in [1.29, 1.82) is 0 Å². The number of ether oxygens (including phenoxy) is 1. The van der Waals surface area contributed by atoms with Crippen molar-refractivity contribution in [3.8, 4) is 0 Å². The molecule has 1 aromatic heterocycles. The summed E-state index contributed by atoms with van der Waals surface area (Å²) in [5, 5.41) is 0. The molecule has 4 nitrogen and oxygen atoms in total. The van der Waals surface area contributed by atoms with Crippen LogP contribution in [0.25, 0.3) is 0 Å². The second kappa shape index (κ2) is 7.84. The van der Waals surface area contributed by atoms with Gasteiger partial charge < -0.3 is 9.64 Å². The molecule has 0 saturated carbocycles. The highest BCUT2D eigenvalue weighted by atomic mass is 19.4. The van der Waals surface area contributed by atoms with Crippen molar-refractivity contribution in [2.45, 2.75) is 64.7 Å². The van der Waals surface area contributed by atoms with Crippen LogP contribution in [-0.2, 0) is 10.9 Å². The number of nitrogens with zero attached hydrogens (tertiary/aromatic N) is 2. The van der Waals surface area contributed by atoms with Crippen LogP contribution in [0.1, 0.15) is 64.1 Å². The number of pyridine rings is 1. The van der Waals surface area contributed by atoms with E-state index in [-0.39, 0.29) is 23.5 Å². The quantitative estimate of drug-likeness (QED) is 0.729. The predicted molar refractivity (Wildman–Crippen MR) is 92.8 cm³/mol. The molecule has 2 atom stereocenters. The molecule has 2 rings (SSSR count). The maximum Gasteiger partial charge on any atom is 0.433 e. The van der Waals surface area contributed by atoms with Gasteiger partial charge in [0.05, 0.1) is 0 Å². The number of carbonyl (C=O) groups is 1. The zero-order valence-corrected chi connectivity index (χ0v) is 15.8. The Morgan fingerprint density at radius 2 is 2.08 bits per heavy atom. The Bertz CT molecular complexity index is 626. The van der Waals surface area contributed by atoms with Gasteiger partial charge in [0.2, 0.25) is 0 Å². The number of alkyl halides is 3. The average molecular weight is 372 g/mol. The van der Waals surface area contributed by atoms with Gasteiger partial charge in [-0.2, -0.15) is 13.2 Å². The Morgan fingerprint density at radius 1 is 1.38 bits per heavy atom. The lowest BCUT2D eigenvalue weighted by molar-refractivity contribution is -0.142. The molecule has 0 radical (unpaired) electrons. The number of hydrogen-bond acceptors (Lipinski definition) is 3. The molecule has 146 valence electrons. The van der Waals surface area contributed by atoms with Crippen LogP contribution in [0.2, 0.25) is 0 Å². The first-order valence-corrected chi connectivity index (χ1v) is 8.97. The van der Waals surface area contributed by atoms with Gasteiger partial charge in [0.15, 0.2) is 0 Å². The third-order valence-electron chi connectivity index (χ3n) is 4.50. The zero-order valence-electron chi connectivity index (χ0n) is 15.8. The van der Waals surface area contributed by atoms with Crippen molar-refractivity contribution >= 4 is 6.09 Å². The van der Waals surface area contributed by atoms with Crippen molar-refractivity contribution in [2.75, 3.05) is 13.1 Å². The van der Waals surface area contributed by atoms with E-state index in [1.807, 2.05) is 20.8 Å². The van der Waals surface area contributed by atoms with Crippen LogP contribution in [-0.4, -0.2) is 34.7 Å². The Hall–Kier alpha value is -1.79. The summed E-state index contributed by atoms with van der Waals surface area (Å²) in [7, 11) is 0. The van der Waals surface area contributed by atoms with E-state index >= 15 is 0 Å². The highest BCUT2D eigenvalue weighted by Crippen LogP contribution is 2.36. The van der Waals surface area contributed by atoms with E-state index in [1.165, 1.54) is 18.3 Å². The van der Waals surface area contributed by atoms with E-state index in [9.17, 15) is 18.0 Å². The van der Waals surface area contributed by atoms with Crippen molar-refractivity contribution in [3.63, 3.8) is 0 Å².